The first-order valence-corrected chi connectivity index (χ1v) is 2.35. The van der Waals surface area contributed by atoms with Crippen LogP contribution in [0, 0.1) is 0 Å². The largest absolute Gasteiger partial charge is 0.466 e. The maximum absolute atomic E-state index is 8.88. The van der Waals surface area contributed by atoms with Crippen molar-refractivity contribution >= 4 is 7.82 Å². The van der Waals surface area contributed by atoms with Crippen molar-refractivity contribution in [1.29, 1.82) is 0 Å². The van der Waals surface area contributed by atoms with Crippen LogP contribution < -0.4 is 6.15 Å². The first kappa shape index (κ1) is 94.6. The maximum Gasteiger partial charge on any atom is 0.466 e. The molecule has 88 valence electrons. The normalized spacial score (nSPS) is 4.92. The van der Waals surface area contributed by atoms with Crippen molar-refractivity contribution in [2.24, 2.45) is 0 Å². The molecular weight excluding hydrogens is 205 g/mol. The van der Waals surface area contributed by atoms with Gasteiger partial charge in [0, 0.05) is 0 Å². The highest BCUT2D eigenvalue weighted by molar-refractivity contribution is 7.45. The predicted octanol–water partition coefficient (Wildman–Crippen LogP) is -5.71. The Balaban J connectivity index is -0.00000000381. The van der Waals surface area contributed by atoms with Gasteiger partial charge >= 0.3 is 7.82 Å². The zero-order valence-electron chi connectivity index (χ0n) is 5.90. The summed E-state index contributed by atoms with van der Waals surface area (Å²) in [6.07, 6.45) is 0. The number of phosphoric acid groups is 1. The Hall–Kier alpha value is -0.170. The van der Waals surface area contributed by atoms with E-state index in [4.69, 9.17) is 19.2 Å². The first-order valence-electron chi connectivity index (χ1n) is 0.783. The lowest BCUT2D eigenvalue weighted by molar-refractivity contribution is 0.275. The van der Waals surface area contributed by atoms with Gasteiger partial charge in [0.1, 0.15) is 0 Å². The molecule has 0 aromatic carbocycles. The van der Waals surface area contributed by atoms with Crippen LogP contribution >= 0.6 is 7.82 Å². The van der Waals surface area contributed by atoms with Crippen LogP contribution in [0.1, 0.15) is 0 Å². The minimum atomic E-state index is -4.64. The van der Waals surface area contributed by atoms with E-state index in [0.29, 0.717) is 0 Å². The van der Waals surface area contributed by atoms with Crippen LogP contribution in [0.25, 0.3) is 0 Å². The third kappa shape index (κ3) is 26500. The fourth-order valence-corrected chi connectivity index (χ4v) is 0. The highest BCUT2D eigenvalue weighted by atomic mass is 31.2. The molecule has 0 saturated heterocycles. The molecule has 0 aromatic heterocycles. The van der Waals surface area contributed by atoms with Gasteiger partial charge in [-0.1, -0.05) is 0 Å². The first-order chi connectivity index (χ1) is 2.00. The highest BCUT2D eigenvalue weighted by Crippen LogP contribution is 2.25. The second-order valence-corrected chi connectivity index (χ2v) is 1.54. The molecule has 0 spiro atoms. The van der Waals surface area contributed by atoms with Gasteiger partial charge in [-0.05, 0) is 0 Å². The summed E-state index contributed by atoms with van der Waals surface area (Å²) in [6.45, 7) is 0. The topological polar surface area (TPSA) is 302 Å². The van der Waals surface area contributed by atoms with Gasteiger partial charge < -0.3 is 53.7 Å². The molecule has 0 aliphatic carbocycles. The Morgan fingerprint density at radius 3 is 0.667 bits per heavy atom. The molecular formula is H18NO10P. The van der Waals surface area contributed by atoms with Crippen molar-refractivity contribution in [2.45, 2.75) is 0 Å². The van der Waals surface area contributed by atoms with Crippen LogP contribution in [0.15, 0.2) is 0 Å². The van der Waals surface area contributed by atoms with Crippen LogP contribution in [0.4, 0.5) is 0 Å². The lowest BCUT2D eigenvalue weighted by atomic mass is 14.0. The van der Waals surface area contributed by atoms with E-state index >= 15 is 0 Å². The molecule has 0 aliphatic heterocycles. The summed E-state index contributed by atoms with van der Waals surface area (Å²) < 4.78 is 8.88. The number of hydrogen-bond donors (Lipinski definition) is 4. The monoisotopic (exact) mass is 223 g/mol. The van der Waals surface area contributed by atoms with Crippen molar-refractivity contribution in [3.63, 3.8) is 0 Å². The van der Waals surface area contributed by atoms with Gasteiger partial charge in [0.15, 0.2) is 0 Å². The molecule has 0 bridgehead atoms. The molecule has 18 N–H and O–H groups in total. The molecule has 0 aromatic rings. The van der Waals surface area contributed by atoms with E-state index in [1.54, 1.807) is 0 Å². The van der Waals surface area contributed by atoms with E-state index in [-0.39, 0.29) is 39.0 Å². The van der Waals surface area contributed by atoms with Gasteiger partial charge in [-0.3, -0.25) is 0 Å². The summed E-state index contributed by atoms with van der Waals surface area (Å²) in [5.74, 6) is 0. The van der Waals surface area contributed by atoms with Crippen molar-refractivity contribution < 1.29 is 52.1 Å². The predicted molar refractivity (Wildman–Crippen MR) is 41.0 cm³/mol. The van der Waals surface area contributed by atoms with Gasteiger partial charge in [0.2, 0.25) is 0 Å². The molecule has 12 heavy (non-hydrogen) atoms. The Morgan fingerprint density at radius 2 is 0.667 bits per heavy atom. The minimum Gasteiger partial charge on any atom is -0.412 e. The van der Waals surface area contributed by atoms with Gasteiger partial charge in [-0.15, -0.1) is 0 Å². The summed E-state index contributed by atoms with van der Waals surface area (Å²) in [6, 6.07) is 0. The Kier molecular flexibility index (Phi) is 243. The summed E-state index contributed by atoms with van der Waals surface area (Å²) >= 11 is 0. The molecule has 11 nitrogen and oxygen atoms in total. The zero-order chi connectivity index (χ0) is 4.50. The lowest BCUT2D eigenvalue weighted by Crippen LogP contribution is -1.66. The number of rotatable bonds is 0. The molecule has 0 atom stereocenters. The fourth-order valence-electron chi connectivity index (χ4n) is 0. The molecule has 0 saturated carbocycles. The molecule has 0 radical (unpaired) electrons. The van der Waals surface area contributed by atoms with Crippen LogP contribution in [0.3, 0.4) is 0 Å². The molecule has 0 amide bonds. The molecule has 0 aliphatic rings. The van der Waals surface area contributed by atoms with Crippen molar-refractivity contribution in [3.05, 3.63) is 0 Å². The van der Waals surface area contributed by atoms with Gasteiger partial charge in [0.25, 0.3) is 0 Å². The maximum atomic E-state index is 8.88. The minimum absolute atomic E-state index is 0. The highest BCUT2D eigenvalue weighted by Gasteiger charge is 2.00. The van der Waals surface area contributed by atoms with E-state index in [2.05, 4.69) is 0 Å². The van der Waals surface area contributed by atoms with Gasteiger partial charge in [-0.2, -0.15) is 0 Å². The van der Waals surface area contributed by atoms with E-state index < -0.39 is 7.82 Å². The molecule has 0 unspecified atom stereocenters. The van der Waals surface area contributed by atoms with Crippen LogP contribution in [0.2, 0.25) is 0 Å². The Bertz CT molecular complexity index is 56.0. The van der Waals surface area contributed by atoms with Crippen molar-refractivity contribution in [1.82, 2.24) is 6.15 Å². The van der Waals surface area contributed by atoms with Gasteiger partial charge in [-0.25, -0.2) is 4.57 Å². The lowest BCUT2D eigenvalue weighted by Gasteiger charge is -1.82. The second kappa shape index (κ2) is 30.8. The molecule has 0 fully saturated rings. The van der Waals surface area contributed by atoms with E-state index in [1.165, 1.54) is 0 Å². The van der Waals surface area contributed by atoms with Crippen LogP contribution in [-0.4, -0.2) is 47.5 Å². The summed E-state index contributed by atoms with van der Waals surface area (Å²) in [7, 11) is -4.64. The summed E-state index contributed by atoms with van der Waals surface area (Å²) in [5.41, 5.74) is 0. The summed E-state index contributed by atoms with van der Waals surface area (Å²) in [4.78, 5) is 21.6. The SMILES string of the molecule is N.O.O.O.O.O.O.O=P(O)(O)O. The molecule has 0 rings (SSSR count). The van der Waals surface area contributed by atoms with E-state index in [0.717, 1.165) is 0 Å². The summed E-state index contributed by atoms with van der Waals surface area (Å²) in [5, 5.41) is 0. The van der Waals surface area contributed by atoms with E-state index in [9.17, 15) is 0 Å². The molecule has 12 heteroatoms. The fraction of sp³-hybridized carbons (Fsp3) is 0. The number of hydrogen-bond acceptors (Lipinski definition) is 2. The standard InChI is InChI=1S/H3N.H3O4P.6H2O/c;1-5(2,3)4;;;;;;/h1H3;(H3,1,2,3,4);6*1H2. The zero-order valence-corrected chi connectivity index (χ0v) is 6.80. The average Bonchev–Trinajstić information content (AvgIpc) is 0.722. The van der Waals surface area contributed by atoms with Crippen molar-refractivity contribution in [2.75, 3.05) is 0 Å². The average molecular weight is 223 g/mol. The Morgan fingerprint density at radius 1 is 0.667 bits per heavy atom. The quantitative estimate of drug-likeness (QED) is 0.290. The smallest absolute Gasteiger partial charge is 0.412 e. The second-order valence-electron chi connectivity index (χ2n) is 0.513. The van der Waals surface area contributed by atoms with Crippen LogP contribution in [0.5, 0.6) is 0 Å². The van der Waals surface area contributed by atoms with Crippen LogP contribution in [-0.2, 0) is 4.57 Å². The molecule has 0 heterocycles. The third-order valence-electron chi connectivity index (χ3n) is 0. The van der Waals surface area contributed by atoms with Gasteiger partial charge in [0.05, 0.1) is 0 Å². The van der Waals surface area contributed by atoms with Crippen molar-refractivity contribution in [3.8, 4) is 0 Å². The van der Waals surface area contributed by atoms with E-state index in [1.807, 2.05) is 0 Å². The third-order valence-corrected chi connectivity index (χ3v) is 0. The Labute approximate surface area is 67.3 Å².